The number of nitrogens with zero attached hydrogens (tertiary/aromatic N) is 1. The molecule has 3 N–H and O–H groups in total. The van der Waals surface area contributed by atoms with E-state index in [4.69, 9.17) is 5.73 Å². The van der Waals surface area contributed by atoms with Gasteiger partial charge in [0.05, 0.1) is 5.52 Å². The van der Waals surface area contributed by atoms with E-state index < -0.39 is 15.6 Å². The van der Waals surface area contributed by atoms with Crippen LogP contribution in [0.3, 0.4) is 0 Å². The van der Waals surface area contributed by atoms with Crippen molar-refractivity contribution in [2.24, 2.45) is 5.73 Å². The molecule has 0 aliphatic rings. The van der Waals surface area contributed by atoms with Crippen LogP contribution in [-0.2, 0) is 10.0 Å². The second-order valence-electron chi connectivity index (χ2n) is 5.65. The van der Waals surface area contributed by atoms with E-state index in [1.54, 1.807) is 32.2 Å². The Morgan fingerprint density at radius 2 is 2.00 bits per heavy atom. The van der Waals surface area contributed by atoms with E-state index in [2.05, 4.69) is 9.71 Å². The standard InChI is InChI=1S/C14H19N3O2S.ClH/c1-10-7-11-5-4-6-12(13(11)16-8-10)20(18,19)17-9-14(2,3)15;/h4-8,17H,9,15H2,1-3H3;1H. The van der Waals surface area contributed by atoms with Gasteiger partial charge in [0, 0.05) is 23.7 Å². The molecule has 0 saturated carbocycles. The molecule has 0 atom stereocenters. The Bertz CT molecular complexity index is 739. The third-order valence-corrected chi connectivity index (χ3v) is 4.25. The van der Waals surface area contributed by atoms with Gasteiger partial charge in [-0.2, -0.15) is 0 Å². The van der Waals surface area contributed by atoms with Gasteiger partial charge in [0.1, 0.15) is 4.90 Å². The summed E-state index contributed by atoms with van der Waals surface area (Å²) in [5.41, 5.74) is 6.66. The van der Waals surface area contributed by atoms with Crippen LogP contribution in [0.2, 0.25) is 0 Å². The minimum atomic E-state index is -3.63. The lowest BCUT2D eigenvalue weighted by molar-refractivity contribution is 0.498. The first kappa shape index (κ1) is 17.8. The Morgan fingerprint density at radius 3 is 2.62 bits per heavy atom. The maximum Gasteiger partial charge on any atom is 0.242 e. The van der Waals surface area contributed by atoms with Gasteiger partial charge in [0.2, 0.25) is 10.0 Å². The van der Waals surface area contributed by atoms with Crippen LogP contribution in [0, 0.1) is 6.92 Å². The highest BCUT2D eigenvalue weighted by atomic mass is 35.5. The number of aromatic nitrogens is 1. The maximum atomic E-state index is 12.4. The lowest BCUT2D eigenvalue weighted by Gasteiger charge is -2.19. The van der Waals surface area contributed by atoms with E-state index in [1.807, 2.05) is 19.1 Å². The molecule has 0 aliphatic carbocycles. The molecule has 1 aromatic carbocycles. The van der Waals surface area contributed by atoms with Gasteiger partial charge in [-0.3, -0.25) is 4.98 Å². The summed E-state index contributed by atoms with van der Waals surface area (Å²) >= 11 is 0. The molecule has 1 aromatic heterocycles. The summed E-state index contributed by atoms with van der Waals surface area (Å²) in [4.78, 5) is 4.42. The predicted octanol–water partition coefficient (Wildman–Crippen LogP) is 1.98. The topological polar surface area (TPSA) is 85.1 Å². The monoisotopic (exact) mass is 329 g/mol. The number of aryl methyl sites for hydroxylation is 1. The van der Waals surface area contributed by atoms with Crippen LogP contribution in [0.25, 0.3) is 10.9 Å². The van der Waals surface area contributed by atoms with E-state index in [9.17, 15) is 8.42 Å². The van der Waals surface area contributed by atoms with Crippen molar-refractivity contribution in [3.8, 4) is 0 Å². The SMILES string of the molecule is Cc1cnc2c(S(=O)(=O)NCC(C)(C)N)cccc2c1.Cl. The summed E-state index contributed by atoms with van der Waals surface area (Å²) in [6.07, 6.45) is 1.66. The Hall–Kier alpha value is -1.21. The molecule has 116 valence electrons. The fourth-order valence-corrected chi connectivity index (χ4v) is 3.22. The molecule has 21 heavy (non-hydrogen) atoms. The van der Waals surface area contributed by atoms with E-state index >= 15 is 0 Å². The number of halogens is 1. The molecule has 0 aliphatic heterocycles. The summed E-state index contributed by atoms with van der Waals surface area (Å²) in [7, 11) is -3.63. The highest BCUT2D eigenvalue weighted by Crippen LogP contribution is 2.21. The average Bonchev–Trinajstić information content (AvgIpc) is 2.34. The Kier molecular flexibility index (Phi) is 5.33. The summed E-state index contributed by atoms with van der Waals surface area (Å²) in [6, 6.07) is 7.03. The van der Waals surface area contributed by atoms with Crippen LogP contribution in [0.4, 0.5) is 0 Å². The molecule has 0 spiro atoms. The molecule has 0 bridgehead atoms. The quantitative estimate of drug-likeness (QED) is 0.898. The molecule has 0 saturated heterocycles. The van der Waals surface area contributed by atoms with Crippen molar-refractivity contribution in [2.75, 3.05) is 6.54 Å². The molecule has 0 radical (unpaired) electrons. The van der Waals surface area contributed by atoms with Gasteiger partial charge in [0.25, 0.3) is 0 Å². The number of rotatable bonds is 4. The van der Waals surface area contributed by atoms with Gasteiger partial charge >= 0.3 is 0 Å². The second kappa shape index (κ2) is 6.27. The molecule has 2 aromatic rings. The molecule has 5 nitrogen and oxygen atoms in total. The zero-order chi connectivity index (χ0) is 15.0. The van der Waals surface area contributed by atoms with Gasteiger partial charge in [0.15, 0.2) is 0 Å². The number of sulfonamides is 1. The number of hydrogen-bond acceptors (Lipinski definition) is 4. The maximum absolute atomic E-state index is 12.4. The van der Waals surface area contributed by atoms with Crippen molar-refractivity contribution < 1.29 is 8.42 Å². The highest BCUT2D eigenvalue weighted by Gasteiger charge is 2.21. The van der Waals surface area contributed by atoms with Crippen molar-refractivity contribution in [1.29, 1.82) is 0 Å². The fourth-order valence-electron chi connectivity index (χ4n) is 1.82. The second-order valence-corrected chi connectivity index (χ2v) is 7.39. The molecular weight excluding hydrogens is 310 g/mol. The number of pyridine rings is 1. The number of nitrogens with two attached hydrogens (primary N) is 1. The molecule has 0 fully saturated rings. The zero-order valence-corrected chi connectivity index (χ0v) is 13.9. The van der Waals surface area contributed by atoms with Crippen LogP contribution < -0.4 is 10.5 Å². The van der Waals surface area contributed by atoms with Crippen molar-refractivity contribution in [3.63, 3.8) is 0 Å². The average molecular weight is 330 g/mol. The van der Waals surface area contributed by atoms with E-state index in [0.717, 1.165) is 10.9 Å². The Balaban J connectivity index is 0.00000220. The summed E-state index contributed by atoms with van der Waals surface area (Å²) in [5.74, 6) is 0. The first-order valence-electron chi connectivity index (χ1n) is 6.33. The van der Waals surface area contributed by atoms with Crippen molar-refractivity contribution in [3.05, 3.63) is 36.0 Å². The predicted molar refractivity (Wildman–Crippen MR) is 87.2 cm³/mol. The molecule has 0 amide bonds. The van der Waals surface area contributed by atoms with Crippen LogP contribution in [0.1, 0.15) is 19.4 Å². The van der Waals surface area contributed by atoms with Crippen LogP contribution >= 0.6 is 12.4 Å². The number of nitrogens with one attached hydrogen (secondary N) is 1. The fraction of sp³-hybridized carbons (Fsp3) is 0.357. The minimum Gasteiger partial charge on any atom is -0.324 e. The number of para-hydroxylation sites is 1. The lowest BCUT2D eigenvalue weighted by atomic mass is 10.1. The van der Waals surface area contributed by atoms with Crippen molar-refractivity contribution in [1.82, 2.24) is 9.71 Å². The Morgan fingerprint density at radius 1 is 1.33 bits per heavy atom. The number of fused-ring (bicyclic) bond motifs is 1. The molecule has 1 heterocycles. The summed E-state index contributed by atoms with van der Waals surface area (Å²) in [5, 5.41) is 0.805. The van der Waals surface area contributed by atoms with E-state index in [-0.39, 0.29) is 23.8 Å². The van der Waals surface area contributed by atoms with Crippen LogP contribution in [-0.4, -0.2) is 25.5 Å². The van der Waals surface area contributed by atoms with Gasteiger partial charge in [-0.05, 0) is 38.5 Å². The largest absolute Gasteiger partial charge is 0.324 e. The third-order valence-electron chi connectivity index (χ3n) is 2.82. The Labute approximate surface area is 131 Å². The van der Waals surface area contributed by atoms with Crippen molar-refractivity contribution in [2.45, 2.75) is 31.2 Å². The van der Waals surface area contributed by atoms with Gasteiger partial charge in [-0.1, -0.05) is 12.1 Å². The van der Waals surface area contributed by atoms with Crippen LogP contribution in [0.15, 0.2) is 35.4 Å². The molecule has 0 unspecified atom stereocenters. The van der Waals surface area contributed by atoms with Gasteiger partial charge in [-0.15, -0.1) is 12.4 Å². The smallest absolute Gasteiger partial charge is 0.242 e. The first-order valence-corrected chi connectivity index (χ1v) is 7.81. The normalized spacial score (nSPS) is 12.2. The summed E-state index contributed by atoms with van der Waals surface area (Å²) < 4.78 is 27.3. The van der Waals surface area contributed by atoms with E-state index in [0.29, 0.717) is 5.52 Å². The molecule has 7 heteroatoms. The molecule has 2 rings (SSSR count). The number of benzene rings is 1. The first-order chi connectivity index (χ1) is 9.19. The van der Waals surface area contributed by atoms with Crippen LogP contribution in [0.5, 0.6) is 0 Å². The van der Waals surface area contributed by atoms with E-state index in [1.165, 1.54) is 0 Å². The zero-order valence-electron chi connectivity index (χ0n) is 12.3. The highest BCUT2D eigenvalue weighted by molar-refractivity contribution is 7.89. The third kappa shape index (κ3) is 4.38. The number of hydrogen-bond donors (Lipinski definition) is 2. The van der Waals surface area contributed by atoms with Gasteiger partial charge in [-0.25, -0.2) is 13.1 Å². The van der Waals surface area contributed by atoms with Crippen molar-refractivity contribution >= 4 is 33.3 Å². The summed E-state index contributed by atoms with van der Waals surface area (Å²) in [6.45, 7) is 5.61. The van der Waals surface area contributed by atoms with Gasteiger partial charge < -0.3 is 5.73 Å². The minimum absolute atomic E-state index is 0. The lowest BCUT2D eigenvalue weighted by Crippen LogP contribution is -2.45. The molecular formula is C14H20ClN3O2S.